The monoisotopic (exact) mass is 229 g/mol. The van der Waals surface area contributed by atoms with Crippen molar-refractivity contribution < 1.29 is 0 Å². The molecule has 2 heterocycles. The van der Waals surface area contributed by atoms with E-state index in [2.05, 4.69) is 53.2 Å². The lowest BCUT2D eigenvalue weighted by Gasteiger charge is -2.08. The number of hydrogen-bond donors (Lipinski definition) is 1. The van der Waals surface area contributed by atoms with E-state index in [-0.39, 0.29) is 0 Å². The van der Waals surface area contributed by atoms with Gasteiger partial charge in [-0.15, -0.1) is 0 Å². The maximum absolute atomic E-state index is 4.42. The molecular formula is C14H19N3. The molecule has 3 nitrogen and oxygen atoms in total. The van der Waals surface area contributed by atoms with Gasteiger partial charge in [-0.25, -0.2) is 0 Å². The molecule has 0 radical (unpaired) electrons. The van der Waals surface area contributed by atoms with Gasteiger partial charge in [0.15, 0.2) is 0 Å². The van der Waals surface area contributed by atoms with Crippen LogP contribution in [0.5, 0.6) is 0 Å². The Hall–Kier alpha value is -1.61. The van der Waals surface area contributed by atoms with Gasteiger partial charge in [0, 0.05) is 38.2 Å². The first-order valence-corrected chi connectivity index (χ1v) is 6.05. The molecule has 0 aromatic carbocycles. The highest BCUT2D eigenvalue weighted by Crippen LogP contribution is 2.06. The van der Waals surface area contributed by atoms with Crippen molar-refractivity contribution in [1.82, 2.24) is 14.9 Å². The second kappa shape index (κ2) is 5.64. The highest BCUT2D eigenvalue weighted by Gasteiger charge is 2.01. The van der Waals surface area contributed by atoms with Crippen LogP contribution in [0.1, 0.15) is 23.9 Å². The van der Waals surface area contributed by atoms with E-state index in [0.29, 0.717) is 0 Å². The van der Waals surface area contributed by atoms with Crippen molar-refractivity contribution in [1.29, 1.82) is 0 Å². The number of aromatic nitrogens is 2. The van der Waals surface area contributed by atoms with E-state index in [0.717, 1.165) is 25.2 Å². The quantitative estimate of drug-likeness (QED) is 0.852. The molecule has 17 heavy (non-hydrogen) atoms. The Labute approximate surface area is 103 Å². The highest BCUT2D eigenvalue weighted by atomic mass is 15.0. The minimum atomic E-state index is 0.829. The first-order chi connectivity index (χ1) is 8.31. The molecular weight excluding hydrogens is 210 g/mol. The maximum Gasteiger partial charge on any atom is 0.0573 e. The van der Waals surface area contributed by atoms with Crippen LogP contribution in [0.3, 0.4) is 0 Å². The zero-order valence-corrected chi connectivity index (χ0v) is 10.5. The van der Waals surface area contributed by atoms with E-state index in [1.807, 2.05) is 12.3 Å². The van der Waals surface area contributed by atoms with Crippen LogP contribution >= 0.6 is 0 Å². The Morgan fingerprint density at radius 3 is 2.82 bits per heavy atom. The fraction of sp³-hybridized carbons (Fsp3) is 0.357. The molecule has 2 rings (SSSR count). The lowest BCUT2D eigenvalue weighted by atomic mass is 10.1. The maximum atomic E-state index is 4.42. The van der Waals surface area contributed by atoms with Crippen LogP contribution < -0.4 is 5.32 Å². The summed E-state index contributed by atoms with van der Waals surface area (Å²) in [4.78, 5) is 4.42. The molecule has 90 valence electrons. The van der Waals surface area contributed by atoms with Crippen molar-refractivity contribution in [2.75, 3.05) is 0 Å². The van der Waals surface area contributed by atoms with Crippen molar-refractivity contribution >= 4 is 0 Å². The van der Waals surface area contributed by atoms with E-state index >= 15 is 0 Å². The SMILES string of the molecule is CCc1cccnc1CNCc1cccn1C. The first-order valence-electron chi connectivity index (χ1n) is 6.05. The van der Waals surface area contributed by atoms with Crippen LogP contribution in [-0.4, -0.2) is 9.55 Å². The molecule has 0 saturated carbocycles. The number of rotatable bonds is 5. The summed E-state index contributed by atoms with van der Waals surface area (Å²) in [6, 6.07) is 8.34. The molecule has 0 bridgehead atoms. The summed E-state index contributed by atoms with van der Waals surface area (Å²) in [6.07, 6.45) is 4.96. The summed E-state index contributed by atoms with van der Waals surface area (Å²) in [5, 5.41) is 3.44. The van der Waals surface area contributed by atoms with E-state index in [1.54, 1.807) is 0 Å². The molecule has 0 aliphatic rings. The third-order valence-electron chi connectivity index (χ3n) is 3.02. The smallest absolute Gasteiger partial charge is 0.0573 e. The van der Waals surface area contributed by atoms with Crippen molar-refractivity contribution in [3.05, 3.63) is 53.6 Å². The number of pyridine rings is 1. The van der Waals surface area contributed by atoms with Crippen LogP contribution in [-0.2, 0) is 26.6 Å². The lowest BCUT2D eigenvalue weighted by molar-refractivity contribution is 0.641. The predicted octanol–water partition coefficient (Wildman–Crippen LogP) is 2.27. The van der Waals surface area contributed by atoms with Crippen LogP contribution in [0, 0.1) is 0 Å². The van der Waals surface area contributed by atoms with Crippen molar-refractivity contribution in [2.45, 2.75) is 26.4 Å². The van der Waals surface area contributed by atoms with E-state index in [1.165, 1.54) is 11.3 Å². The number of aryl methyl sites for hydroxylation is 2. The lowest BCUT2D eigenvalue weighted by Crippen LogP contribution is -2.16. The number of nitrogens with zero attached hydrogens (tertiary/aromatic N) is 2. The van der Waals surface area contributed by atoms with Crippen molar-refractivity contribution in [3.8, 4) is 0 Å². The minimum absolute atomic E-state index is 0.829. The van der Waals surface area contributed by atoms with Gasteiger partial charge in [0.05, 0.1) is 5.69 Å². The van der Waals surface area contributed by atoms with E-state index < -0.39 is 0 Å². The molecule has 2 aromatic heterocycles. The van der Waals surface area contributed by atoms with Crippen LogP contribution in [0.2, 0.25) is 0 Å². The van der Waals surface area contributed by atoms with Gasteiger partial charge in [0.25, 0.3) is 0 Å². The zero-order valence-electron chi connectivity index (χ0n) is 10.5. The van der Waals surface area contributed by atoms with Crippen molar-refractivity contribution in [2.24, 2.45) is 7.05 Å². The topological polar surface area (TPSA) is 29.9 Å². The van der Waals surface area contributed by atoms with Gasteiger partial charge in [-0.1, -0.05) is 13.0 Å². The Kier molecular flexibility index (Phi) is 3.94. The second-order valence-corrected chi connectivity index (χ2v) is 4.18. The largest absolute Gasteiger partial charge is 0.353 e. The molecule has 0 amide bonds. The molecule has 0 aliphatic heterocycles. The normalized spacial score (nSPS) is 10.7. The molecule has 2 aromatic rings. The Morgan fingerprint density at radius 2 is 2.12 bits per heavy atom. The van der Waals surface area contributed by atoms with Gasteiger partial charge in [0.2, 0.25) is 0 Å². The summed E-state index contributed by atoms with van der Waals surface area (Å²) in [7, 11) is 2.06. The molecule has 0 unspecified atom stereocenters. The van der Waals surface area contributed by atoms with Crippen LogP contribution in [0.15, 0.2) is 36.7 Å². The molecule has 0 saturated heterocycles. The second-order valence-electron chi connectivity index (χ2n) is 4.18. The summed E-state index contributed by atoms with van der Waals surface area (Å²) < 4.78 is 2.13. The Balaban J connectivity index is 1.92. The average Bonchev–Trinajstić information content (AvgIpc) is 2.76. The fourth-order valence-corrected chi connectivity index (χ4v) is 1.94. The third kappa shape index (κ3) is 2.94. The molecule has 0 aliphatic carbocycles. The fourth-order valence-electron chi connectivity index (χ4n) is 1.94. The van der Waals surface area contributed by atoms with Crippen LogP contribution in [0.25, 0.3) is 0 Å². The highest BCUT2D eigenvalue weighted by molar-refractivity contribution is 5.19. The van der Waals surface area contributed by atoms with Crippen molar-refractivity contribution in [3.63, 3.8) is 0 Å². The third-order valence-corrected chi connectivity index (χ3v) is 3.02. The number of nitrogens with one attached hydrogen (secondary N) is 1. The predicted molar refractivity (Wildman–Crippen MR) is 69.6 cm³/mol. The molecule has 3 heteroatoms. The summed E-state index contributed by atoms with van der Waals surface area (Å²) in [5.74, 6) is 0. The Morgan fingerprint density at radius 1 is 1.24 bits per heavy atom. The summed E-state index contributed by atoms with van der Waals surface area (Å²) in [6.45, 7) is 3.87. The van der Waals surface area contributed by atoms with Gasteiger partial charge in [-0.05, 0) is 30.2 Å². The summed E-state index contributed by atoms with van der Waals surface area (Å²) in [5.41, 5.74) is 3.77. The van der Waals surface area contributed by atoms with Crippen LogP contribution in [0.4, 0.5) is 0 Å². The minimum Gasteiger partial charge on any atom is -0.353 e. The van der Waals surface area contributed by atoms with E-state index in [9.17, 15) is 0 Å². The molecule has 0 fully saturated rings. The van der Waals surface area contributed by atoms with Gasteiger partial charge >= 0.3 is 0 Å². The van der Waals surface area contributed by atoms with E-state index in [4.69, 9.17) is 0 Å². The number of hydrogen-bond acceptors (Lipinski definition) is 2. The van der Waals surface area contributed by atoms with Gasteiger partial charge < -0.3 is 9.88 Å². The molecule has 1 N–H and O–H groups in total. The van der Waals surface area contributed by atoms with Gasteiger partial charge in [-0.3, -0.25) is 4.98 Å². The first kappa shape index (κ1) is 11.9. The molecule has 0 atom stereocenters. The Bertz CT molecular complexity index is 474. The molecule has 0 spiro atoms. The van der Waals surface area contributed by atoms with Gasteiger partial charge in [-0.2, -0.15) is 0 Å². The standard InChI is InChI=1S/C14H19N3/c1-3-12-6-4-8-16-14(12)11-15-10-13-7-5-9-17(13)2/h4-9,15H,3,10-11H2,1-2H3. The van der Waals surface area contributed by atoms with Gasteiger partial charge in [0.1, 0.15) is 0 Å². The average molecular weight is 229 g/mol. The summed E-state index contributed by atoms with van der Waals surface area (Å²) >= 11 is 0. The zero-order chi connectivity index (χ0) is 12.1.